The summed E-state index contributed by atoms with van der Waals surface area (Å²) < 4.78 is 73.7. The van der Waals surface area contributed by atoms with Gasteiger partial charge in [-0.25, -0.2) is 4.99 Å². The number of aryl methyl sites for hydroxylation is 1. The second-order valence-corrected chi connectivity index (χ2v) is 18.3. The normalized spacial score (nSPS) is 19.3. The first-order valence-electron chi connectivity index (χ1n) is 15.0. The fraction of sp³-hybridized carbons (Fsp3) is 0.781. The van der Waals surface area contributed by atoms with Crippen molar-refractivity contribution in [2.75, 3.05) is 19.8 Å². The molecule has 1 heterocycles. The van der Waals surface area contributed by atoms with Gasteiger partial charge in [0.15, 0.2) is 5.90 Å². The number of benzene rings is 1. The van der Waals surface area contributed by atoms with Crippen LogP contribution in [0.25, 0.3) is 0 Å². The molecule has 1 aliphatic rings. The zero-order valence-corrected chi connectivity index (χ0v) is 27.8. The Hall–Kier alpha value is -1.53. The summed E-state index contributed by atoms with van der Waals surface area (Å²) in [4.78, 5) is 4.68. The van der Waals surface area contributed by atoms with E-state index in [1.807, 2.05) is 41.5 Å². The molecule has 5 nitrogen and oxygen atoms in total. The molecule has 0 bridgehead atoms. The summed E-state index contributed by atoms with van der Waals surface area (Å²) in [6.45, 7) is 20.2. The first-order valence-corrected chi connectivity index (χ1v) is 16.6. The lowest BCUT2D eigenvalue weighted by Gasteiger charge is -2.41. The number of alkyl halides is 3. The van der Waals surface area contributed by atoms with Crippen LogP contribution < -0.4 is 4.74 Å². The topological polar surface area (TPSA) is 57.1 Å². The highest BCUT2D eigenvalue weighted by Crippen LogP contribution is 2.67. The Morgan fingerprint density at radius 3 is 2.17 bits per heavy atom. The molecular weight excluding hydrogens is 550 g/mol. The van der Waals surface area contributed by atoms with E-state index in [2.05, 4.69) is 25.8 Å². The summed E-state index contributed by atoms with van der Waals surface area (Å²) in [5.74, 6) is 1.40. The molecule has 0 amide bonds. The summed E-state index contributed by atoms with van der Waals surface area (Å²) >= 11 is 0. The highest BCUT2D eigenvalue weighted by Gasteiger charge is 2.50. The van der Waals surface area contributed by atoms with E-state index in [9.17, 15) is 17.7 Å². The third-order valence-corrected chi connectivity index (χ3v) is 11.8. The molecule has 0 fully saturated rings. The number of nitrogens with zero attached hydrogens (tertiary/aromatic N) is 1. The van der Waals surface area contributed by atoms with Crippen LogP contribution >= 0.6 is 7.37 Å². The van der Waals surface area contributed by atoms with Crippen LogP contribution in [0.3, 0.4) is 0 Å². The van der Waals surface area contributed by atoms with Gasteiger partial charge < -0.3 is 14.0 Å². The highest BCUT2D eigenvalue weighted by molar-refractivity contribution is 7.62. The van der Waals surface area contributed by atoms with Crippen molar-refractivity contribution >= 4 is 13.3 Å². The van der Waals surface area contributed by atoms with E-state index < -0.39 is 35.0 Å². The van der Waals surface area contributed by atoms with Crippen molar-refractivity contribution in [3.8, 4) is 5.75 Å². The first kappa shape index (κ1) is 35.7. The predicted molar refractivity (Wildman–Crippen MR) is 163 cm³/mol. The molecule has 0 N–H and O–H groups in total. The minimum Gasteiger partial charge on any atom is -0.493 e. The van der Waals surface area contributed by atoms with Crippen LogP contribution in [0.15, 0.2) is 23.2 Å². The Kier molecular flexibility index (Phi) is 12.0. The maximum Gasteiger partial charge on any atom is 0.419 e. The molecule has 0 saturated heterocycles. The maximum absolute atomic E-state index is 14.1. The molecule has 1 aliphatic heterocycles. The third-order valence-electron chi connectivity index (χ3n) is 7.80. The lowest BCUT2D eigenvalue weighted by atomic mass is 9.93. The monoisotopic (exact) mass is 603 g/mol. The van der Waals surface area contributed by atoms with Gasteiger partial charge >= 0.3 is 6.18 Å². The molecular formula is C32H53F3NO4P. The Morgan fingerprint density at radius 2 is 1.66 bits per heavy atom. The minimum atomic E-state index is -4.54. The second kappa shape index (κ2) is 13.8. The van der Waals surface area contributed by atoms with Crippen LogP contribution in [0.5, 0.6) is 5.75 Å². The van der Waals surface area contributed by atoms with Gasteiger partial charge in [-0.3, -0.25) is 4.57 Å². The van der Waals surface area contributed by atoms with Crippen LogP contribution in [0, 0.1) is 11.8 Å². The number of hydrogen-bond acceptors (Lipinski definition) is 5. The van der Waals surface area contributed by atoms with Gasteiger partial charge in [-0.2, -0.15) is 13.2 Å². The van der Waals surface area contributed by atoms with Gasteiger partial charge in [-0.15, -0.1) is 0 Å². The molecule has 0 saturated carbocycles. The van der Waals surface area contributed by atoms with E-state index in [0.29, 0.717) is 42.6 Å². The zero-order valence-electron chi connectivity index (χ0n) is 26.9. The fourth-order valence-electron chi connectivity index (χ4n) is 5.36. The van der Waals surface area contributed by atoms with Gasteiger partial charge in [0.1, 0.15) is 17.9 Å². The van der Waals surface area contributed by atoms with Gasteiger partial charge in [0.05, 0.1) is 18.8 Å². The van der Waals surface area contributed by atoms with Crippen molar-refractivity contribution in [1.29, 1.82) is 0 Å². The Morgan fingerprint density at radius 1 is 1.02 bits per heavy atom. The van der Waals surface area contributed by atoms with Crippen molar-refractivity contribution in [2.45, 2.75) is 130 Å². The van der Waals surface area contributed by atoms with Gasteiger partial charge in [0, 0.05) is 17.2 Å². The number of aliphatic imine (C=N–C) groups is 1. The van der Waals surface area contributed by atoms with Crippen LogP contribution in [0.2, 0.25) is 0 Å². The van der Waals surface area contributed by atoms with Crippen LogP contribution in [0.4, 0.5) is 13.2 Å². The number of rotatable bonds is 14. The number of halogens is 3. The van der Waals surface area contributed by atoms with Crippen LogP contribution in [-0.4, -0.2) is 41.6 Å². The Balaban J connectivity index is 2.15. The minimum absolute atomic E-state index is 0.0683. The van der Waals surface area contributed by atoms with Gasteiger partial charge in [-0.1, -0.05) is 87.6 Å². The quantitative estimate of drug-likeness (QED) is 0.199. The number of hydrogen-bond donors (Lipinski definition) is 0. The lowest BCUT2D eigenvalue weighted by molar-refractivity contribution is -0.139. The average molecular weight is 604 g/mol. The van der Waals surface area contributed by atoms with E-state index in [1.165, 1.54) is 12.1 Å². The summed E-state index contributed by atoms with van der Waals surface area (Å²) in [6.07, 6.45) is 0.217. The van der Waals surface area contributed by atoms with E-state index in [0.717, 1.165) is 19.3 Å². The smallest absolute Gasteiger partial charge is 0.419 e. The predicted octanol–water partition coefficient (Wildman–Crippen LogP) is 9.95. The van der Waals surface area contributed by atoms with Crippen molar-refractivity contribution in [3.63, 3.8) is 0 Å². The van der Waals surface area contributed by atoms with Crippen molar-refractivity contribution in [1.82, 2.24) is 0 Å². The number of ether oxygens (including phenoxy) is 2. The molecule has 41 heavy (non-hydrogen) atoms. The largest absolute Gasteiger partial charge is 0.493 e. The van der Waals surface area contributed by atoms with Gasteiger partial charge in [-0.05, 0) is 48.8 Å². The van der Waals surface area contributed by atoms with Crippen molar-refractivity contribution in [2.24, 2.45) is 16.8 Å². The lowest BCUT2D eigenvalue weighted by Crippen LogP contribution is -2.38. The molecule has 0 radical (unpaired) electrons. The molecule has 0 aromatic heterocycles. The fourth-order valence-corrected chi connectivity index (χ4v) is 8.57. The van der Waals surface area contributed by atoms with E-state index in [1.54, 1.807) is 13.0 Å². The van der Waals surface area contributed by atoms with E-state index in [4.69, 9.17) is 14.0 Å². The molecule has 2 rings (SSSR count). The summed E-state index contributed by atoms with van der Waals surface area (Å²) in [7, 11) is -3.15. The maximum atomic E-state index is 14.1. The van der Waals surface area contributed by atoms with E-state index in [-0.39, 0.29) is 25.6 Å². The summed E-state index contributed by atoms with van der Waals surface area (Å²) in [6, 6.07) is 4.29. The molecule has 1 aromatic carbocycles. The highest BCUT2D eigenvalue weighted by atomic mass is 31.2. The zero-order chi connectivity index (χ0) is 31.3. The standard InChI is InChI=1S/C32H53F3NO4P/c1-23(2)12-11-13-24(3)17-19-38-28-15-14-26(20-27(28)32(33,34)35)16-18-31(21-39-25(4)36-31)22-40-41(37,29(5,6)7)30(8,9)10/h14-15,20,23-24H,11-13,16-19,21-22H2,1-10H3/t24-,31?/m0/s1. The molecule has 1 unspecified atom stereocenters. The third kappa shape index (κ3) is 10.0. The first-order chi connectivity index (χ1) is 18.7. The molecule has 1 aromatic rings. The Labute approximate surface area is 246 Å². The molecule has 0 spiro atoms. The van der Waals surface area contributed by atoms with Crippen LogP contribution in [0.1, 0.15) is 112 Å². The van der Waals surface area contributed by atoms with E-state index >= 15 is 0 Å². The van der Waals surface area contributed by atoms with Crippen molar-refractivity contribution in [3.05, 3.63) is 29.3 Å². The summed E-state index contributed by atoms with van der Waals surface area (Å²) in [5, 5.41) is -1.18. The molecule has 0 aliphatic carbocycles. The molecule has 236 valence electrons. The average Bonchev–Trinajstić information content (AvgIpc) is 3.20. The van der Waals surface area contributed by atoms with Gasteiger partial charge in [0.2, 0.25) is 7.37 Å². The van der Waals surface area contributed by atoms with Crippen molar-refractivity contribution < 1.29 is 31.7 Å². The molecule has 2 atom stereocenters. The second-order valence-electron chi connectivity index (χ2n) is 14.2. The Bertz CT molecular complexity index is 1050. The SMILES string of the molecule is CC1=NC(CCc2ccc(OCC[C@@H](C)CCCC(C)C)c(C(F)(F)F)c2)(COP(=O)(C(C)(C)C)C(C)(C)C)CO1. The van der Waals surface area contributed by atoms with Gasteiger partial charge in [0.25, 0.3) is 0 Å². The van der Waals surface area contributed by atoms with Crippen LogP contribution in [-0.2, 0) is 26.4 Å². The molecule has 9 heteroatoms. The summed E-state index contributed by atoms with van der Waals surface area (Å²) in [5.41, 5.74) is -1.06.